The number of alkyl halides is 7. The molecule has 222 valence electrons. The minimum Gasteiger partial charge on any atom is -0.429 e. The highest BCUT2D eigenvalue weighted by atomic mass is 19.4. The van der Waals surface area contributed by atoms with Crippen LogP contribution in [0.15, 0.2) is 72.3 Å². The van der Waals surface area contributed by atoms with E-state index in [1.54, 1.807) is 5.43 Å². The number of halogens is 10. The Morgan fingerprint density at radius 3 is 2.15 bits per heavy atom. The second-order valence-corrected chi connectivity index (χ2v) is 7.90. The van der Waals surface area contributed by atoms with E-state index < -0.39 is 76.2 Å². The Balaban J connectivity index is 2.72. The lowest BCUT2D eigenvalue weighted by molar-refractivity contribution is -0.279. The molecule has 0 radical (unpaired) electrons. The average Bonchev–Trinajstić information content (AvgIpc) is 2.90. The molecule has 0 aliphatic carbocycles. The van der Waals surface area contributed by atoms with Gasteiger partial charge in [-0.3, -0.25) is 15.0 Å². The van der Waals surface area contributed by atoms with Crippen molar-refractivity contribution in [1.82, 2.24) is 10.7 Å². The van der Waals surface area contributed by atoms with E-state index in [-0.39, 0.29) is 18.0 Å². The van der Waals surface area contributed by atoms with Crippen LogP contribution < -0.4 is 16.6 Å². The van der Waals surface area contributed by atoms with Crippen molar-refractivity contribution in [3.8, 4) is 0 Å². The molecule has 0 aromatic heterocycles. The lowest BCUT2D eigenvalue weighted by Crippen LogP contribution is -2.32. The maximum absolute atomic E-state index is 14.2. The monoisotopic (exact) mass is 599 g/mol. The second-order valence-electron chi connectivity index (χ2n) is 7.90. The minimum atomic E-state index is -5.21. The topological polar surface area (TPSA) is 93.5 Å². The molecule has 2 aromatic rings. The summed E-state index contributed by atoms with van der Waals surface area (Å²) in [6.07, 6.45) is -12.9. The van der Waals surface area contributed by atoms with Crippen LogP contribution in [0.5, 0.6) is 0 Å². The average molecular weight is 599 g/mol. The molecule has 0 heterocycles. The Morgan fingerprint density at radius 1 is 0.976 bits per heavy atom. The van der Waals surface area contributed by atoms with Crippen LogP contribution in [0.1, 0.15) is 44.8 Å². The SMILES string of the molecule is C\C=C(/C=C(\C=C\F)[C@H](NC(=O)c1ccc(F)c(C(F)(F)F)c1)c1ccc(F)c(C(=O)NN)c1)OC(F)(F)C(F)F. The smallest absolute Gasteiger partial charge is 0.429 e. The van der Waals surface area contributed by atoms with Crippen LogP contribution in [0.2, 0.25) is 0 Å². The molecule has 16 heteroatoms. The van der Waals surface area contributed by atoms with Crippen LogP contribution in [0.25, 0.3) is 0 Å². The molecule has 0 fully saturated rings. The van der Waals surface area contributed by atoms with Gasteiger partial charge in [-0.1, -0.05) is 6.07 Å². The first-order valence-corrected chi connectivity index (χ1v) is 11.0. The Hall–Kier alpha value is -4.34. The number of allylic oxidation sites excluding steroid dienone is 2. The fraction of sp³-hybridized carbons (Fsp3) is 0.200. The Labute approximate surface area is 225 Å². The van der Waals surface area contributed by atoms with Crippen LogP contribution in [-0.2, 0) is 10.9 Å². The normalized spacial score (nSPS) is 13.9. The van der Waals surface area contributed by atoms with Crippen molar-refractivity contribution in [2.24, 2.45) is 5.84 Å². The largest absolute Gasteiger partial charge is 0.461 e. The van der Waals surface area contributed by atoms with Gasteiger partial charge >= 0.3 is 18.7 Å². The summed E-state index contributed by atoms with van der Waals surface area (Å²) in [6, 6.07) is 1.74. The van der Waals surface area contributed by atoms with Crippen molar-refractivity contribution in [1.29, 1.82) is 0 Å². The quantitative estimate of drug-likeness (QED) is 0.0753. The molecule has 1 atom stereocenters. The zero-order valence-corrected chi connectivity index (χ0v) is 20.5. The van der Waals surface area contributed by atoms with Gasteiger partial charge < -0.3 is 10.1 Å². The summed E-state index contributed by atoms with van der Waals surface area (Å²) < 4.78 is 137. The summed E-state index contributed by atoms with van der Waals surface area (Å²) in [7, 11) is 0. The molecule has 6 nitrogen and oxygen atoms in total. The van der Waals surface area contributed by atoms with E-state index in [4.69, 9.17) is 5.84 Å². The fourth-order valence-electron chi connectivity index (χ4n) is 3.27. The van der Waals surface area contributed by atoms with Crippen molar-refractivity contribution < 1.29 is 58.2 Å². The number of nitrogen functional groups attached to an aromatic ring is 1. The molecule has 2 rings (SSSR count). The standard InChI is InChI=1S/C25H19F10N3O3/c1-2-15(41-25(34,35)23(29)30)9-13(7-8-26)20(12-3-5-18(27)16(10-12)22(40)38-36)37-21(39)14-4-6-19(28)17(11-14)24(31,32)33/h2-11,20,23H,36H2,1H3,(H,37,39)(H,38,40)/b8-7+,13-9+,15-2+/t20-/m1/s1. The molecule has 2 aromatic carbocycles. The van der Waals surface area contributed by atoms with Gasteiger partial charge in [0.15, 0.2) is 0 Å². The molecular weight excluding hydrogens is 580 g/mol. The van der Waals surface area contributed by atoms with Crippen LogP contribution in [0, 0.1) is 11.6 Å². The van der Waals surface area contributed by atoms with Crippen LogP contribution >= 0.6 is 0 Å². The number of hydrogen-bond acceptors (Lipinski definition) is 4. The summed E-state index contributed by atoms with van der Waals surface area (Å²) in [4.78, 5) is 24.9. The van der Waals surface area contributed by atoms with E-state index in [1.165, 1.54) is 0 Å². The van der Waals surface area contributed by atoms with Crippen molar-refractivity contribution in [2.45, 2.75) is 31.7 Å². The summed E-state index contributed by atoms with van der Waals surface area (Å²) >= 11 is 0. The molecule has 2 amide bonds. The highest BCUT2D eigenvalue weighted by Crippen LogP contribution is 2.33. The van der Waals surface area contributed by atoms with E-state index in [0.29, 0.717) is 30.4 Å². The molecule has 0 saturated heterocycles. The van der Waals surface area contributed by atoms with Gasteiger partial charge in [-0.2, -0.15) is 30.7 Å². The summed E-state index contributed by atoms with van der Waals surface area (Å²) in [5, 5.41) is 2.13. The van der Waals surface area contributed by atoms with Gasteiger partial charge in [0, 0.05) is 5.56 Å². The molecule has 0 saturated carbocycles. The molecule has 0 aliphatic rings. The third kappa shape index (κ3) is 8.33. The number of carbonyl (C=O) groups is 2. The maximum Gasteiger partial charge on any atom is 0.461 e. The van der Waals surface area contributed by atoms with Crippen LogP contribution in [0.4, 0.5) is 43.9 Å². The van der Waals surface area contributed by atoms with Crippen LogP contribution in [0.3, 0.4) is 0 Å². The van der Waals surface area contributed by atoms with E-state index in [1.807, 2.05) is 0 Å². The number of hydrazine groups is 1. The molecule has 0 spiro atoms. The van der Waals surface area contributed by atoms with Gasteiger partial charge in [0.1, 0.15) is 17.4 Å². The molecule has 41 heavy (non-hydrogen) atoms. The zero-order chi connectivity index (χ0) is 31.1. The summed E-state index contributed by atoms with van der Waals surface area (Å²) in [5.41, 5.74) is -2.56. The molecular formula is C25H19F10N3O3. The molecule has 4 N–H and O–H groups in total. The lowest BCUT2D eigenvalue weighted by Gasteiger charge is -2.23. The first-order chi connectivity index (χ1) is 19.0. The molecule has 0 unspecified atom stereocenters. The van der Waals surface area contributed by atoms with Crippen LogP contribution in [-0.4, -0.2) is 24.3 Å². The first-order valence-electron chi connectivity index (χ1n) is 11.0. The van der Waals surface area contributed by atoms with E-state index in [2.05, 4.69) is 10.1 Å². The van der Waals surface area contributed by atoms with Gasteiger partial charge in [0.05, 0.1) is 23.5 Å². The number of benzene rings is 2. The first kappa shape index (κ1) is 32.9. The maximum atomic E-state index is 14.2. The number of hydrogen-bond donors (Lipinski definition) is 3. The number of nitrogens with two attached hydrogens (primary N) is 1. The van der Waals surface area contributed by atoms with Gasteiger partial charge in [0.25, 0.3) is 11.8 Å². The third-order valence-corrected chi connectivity index (χ3v) is 5.20. The van der Waals surface area contributed by atoms with Gasteiger partial charge in [-0.05, 0) is 66.6 Å². The van der Waals surface area contributed by atoms with Gasteiger partial charge in [0.2, 0.25) is 0 Å². The number of carbonyl (C=O) groups excluding carboxylic acids is 2. The summed E-state index contributed by atoms with van der Waals surface area (Å²) in [6.45, 7) is 1.07. The number of rotatable bonds is 10. The Morgan fingerprint density at radius 2 is 1.61 bits per heavy atom. The van der Waals surface area contributed by atoms with Crippen molar-refractivity contribution in [3.05, 3.63) is 106 Å². The second kappa shape index (κ2) is 13.3. The highest BCUT2D eigenvalue weighted by Gasteiger charge is 2.44. The minimum absolute atomic E-state index is 0.151. The number of amides is 2. The van der Waals surface area contributed by atoms with E-state index in [9.17, 15) is 53.5 Å². The van der Waals surface area contributed by atoms with Crippen molar-refractivity contribution >= 4 is 11.8 Å². The van der Waals surface area contributed by atoms with Gasteiger partial charge in [-0.25, -0.2) is 19.0 Å². The number of nitrogens with one attached hydrogen (secondary N) is 2. The molecule has 0 bridgehead atoms. The van der Waals surface area contributed by atoms with E-state index in [0.717, 1.165) is 25.1 Å². The fourth-order valence-corrected chi connectivity index (χ4v) is 3.27. The van der Waals surface area contributed by atoms with Crippen molar-refractivity contribution in [2.75, 3.05) is 0 Å². The third-order valence-electron chi connectivity index (χ3n) is 5.20. The van der Waals surface area contributed by atoms with Gasteiger partial charge in [-0.15, -0.1) is 0 Å². The van der Waals surface area contributed by atoms with E-state index >= 15 is 0 Å². The summed E-state index contributed by atoms with van der Waals surface area (Å²) in [5.74, 6) is -1.39. The Bertz CT molecular complexity index is 1370. The van der Waals surface area contributed by atoms with Crippen molar-refractivity contribution in [3.63, 3.8) is 0 Å². The predicted octanol–water partition coefficient (Wildman–Crippen LogP) is 6.25. The lowest BCUT2D eigenvalue weighted by atomic mass is 9.95. The highest BCUT2D eigenvalue weighted by molar-refractivity contribution is 5.96. The zero-order valence-electron chi connectivity index (χ0n) is 20.5. The molecule has 0 aliphatic heterocycles. The Kier molecular flexibility index (Phi) is 10.7. The number of ether oxygens (including phenoxy) is 1. The predicted molar refractivity (Wildman–Crippen MR) is 124 cm³/mol.